The Labute approximate surface area is 193 Å². The molecule has 0 spiro atoms. The van der Waals surface area contributed by atoms with Crippen molar-refractivity contribution in [2.45, 2.75) is 63.6 Å². The number of hydrogen-bond acceptors (Lipinski definition) is 8. The van der Waals surface area contributed by atoms with Gasteiger partial charge in [0, 0.05) is 62.2 Å². The number of aryl methyl sites for hydroxylation is 2. The average molecular weight is 447 g/mol. The predicted molar refractivity (Wildman–Crippen MR) is 126 cm³/mol. The normalized spacial score (nSPS) is 22.6. The van der Waals surface area contributed by atoms with Crippen molar-refractivity contribution in [1.82, 2.24) is 34.6 Å². The average Bonchev–Trinajstić information content (AvgIpc) is 3.40. The van der Waals surface area contributed by atoms with E-state index in [1.807, 2.05) is 36.9 Å². The van der Waals surface area contributed by atoms with Crippen LogP contribution in [0.4, 0.5) is 17.6 Å². The highest BCUT2D eigenvalue weighted by molar-refractivity contribution is 5.63. The number of nitrogens with zero attached hydrogens (tertiary/aromatic N) is 7. The van der Waals surface area contributed by atoms with E-state index in [0.29, 0.717) is 42.1 Å². The van der Waals surface area contributed by atoms with Crippen LogP contribution in [0.25, 0.3) is 11.4 Å². The molecule has 0 aromatic carbocycles. The van der Waals surface area contributed by atoms with Gasteiger partial charge in [-0.3, -0.25) is 10.00 Å². The number of nitrogens with one attached hydrogen (secondary N) is 3. The molecule has 33 heavy (non-hydrogen) atoms. The Bertz CT molecular complexity index is 1130. The lowest BCUT2D eigenvalue weighted by molar-refractivity contribution is 0.0369. The molecule has 2 aliphatic rings. The van der Waals surface area contributed by atoms with E-state index in [-0.39, 0.29) is 0 Å². The molecule has 10 nitrogen and oxygen atoms in total. The van der Waals surface area contributed by atoms with Crippen molar-refractivity contribution in [3.8, 4) is 17.5 Å². The first-order valence-corrected chi connectivity index (χ1v) is 11.6. The second kappa shape index (κ2) is 9.19. The van der Waals surface area contributed by atoms with E-state index < -0.39 is 0 Å². The zero-order valence-corrected chi connectivity index (χ0v) is 19.1. The highest BCUT2D eigenvalue weighted by Crippen LogP contribution is 2.35. The number of H-pyrrole nitrogens is 1. The van der Waals surface area contributed by atoms with Gasteiger partial charge in [-0.25, -0.2) is 9.97 Å². The lowest BCUT2D eigenvalue weighted by Gasteiger charge is -2.48. The molecular weight excluding hydrogens is 416 g/mol. The molecule has 3 aromatic rings. The fourth-order valence-corrected chi connectivity index (χ4v) is 5.19. The molecule has 3 atom stereocenters. The first-order chi connectivity index (χ1) is 16.1. The fraction of sp³-hybridized carbons (Fsp3) is 0.522. The summed E-state index contributed by atoms with van der Waals surface area (Å²) in [5.41, 5.74) is 2.53. The number of fused-ring (bicyclic) bond motifs is 2. The maximum absolute atomic E-state index is 9.04. The van der Waals surface area contributed by atoms with Gasteiger partial charge in [-0.2, -0.15) is 15.3 Å². The topological polar surface area (TPSA) is 123 Å². The molecule has 2 fully saturated rings. The minimum Gasteiger partial charge on any atom is -0.351 e. The number of anilines is 3. The van der Waals surface area contributed by atoms with Crippen LogP contribution in [0.5, 0.6) is 0 Å². The van der Waals surface area contributed by atoms with Crippen molar-refractivity contribution in [2.75, 3.05) is 17.2 Å². The van der Waals surface area contributed by atoms with Gasteiger partial charge >= 0.3 is 0 Å². The van der Waals surface area contributed by atoms with E-state index in [4.69, 9.17) is 15.2 Å². The van der Waals surface area contributed by atoms with E-state index in [1.54, 1.807) is 6.33 Å². The van der Waals surface area contributed by atoms with Gasteiger partial charge in [0.15, 0.2) is 5.82 Å². The van der Waals surface area contributed by atoms with Crippen molar-refractivity contribution in [3.63, 3.8) is 0 Å². The number of aromatic nitrogens is 6. The molecule has 0 amide bonds. The van der Waals surface area contributed by atoms with Gasteiger partial charge in [-0.15, -0.1) is 0 Å². The molecule has 5 heterocycles. The first kappa shape index (κ1) is 21.4. The summed E-state index contributed by atoms with van der Waals surface area (Å²) in [6.07, 6.45) is 10.1. The third-order valence-electron chi connectivity index (χ3n) is 6.60. The van der Waals surface area contributed by atoms with Gasteiger partial charge in [-0.05, 0) is 32.6 Å². The Balaban J connectivity index is 1.38. The summed E-state index contributed by atoms with van der Waals surface area (Å²) >= 11 is 0. The van der Waals surface area contributed by atoms with Crippen LogP contribution in [0, 0.1) is 18.3 Å². The summed E-state index contributed by atoms with van der Waals surface area (Å²) in [4.78, 5) is 16.6. The van der Waals surface area contributed by atoms with Crippen LogP contribution in [0.2, 0.25) is 0 Å². The Morgan fingerprint density at radius 2 is 1.97 bits per heavy atom. The molecule has 2 aliphatic heterocycles. The molecule has 0 saturated carbocycles. The number of nitriles is 1. The molecule has 172 valence electrons. The summed E-state index contributed by atoms with van der Waals surface area (Å²) in [5.74, 6) is 1.98. The summed E-state index contributed by atoms with van der Waals surface area (Å²) in [6, 6.07) is 7.49. The summed E-state index contributed by atoms with van der Waals surface area (Å²) in [6.45, 7) is 2.84. The second-order valence-electron chi connectivity index (χ2n) is 9.14. The van der Waals surface area contributed by atoms with Gasteiger partial charge in [0.1, 0.15) is 11.5 Å². The maximum Gasteiger partial charge on any atom is 0.225 e. The molecule has 2 saturated heterocycles. The number of hydrogen-bond donors (Lipinski definition) is 3. The van der Waals surface area contributed by atoms with Crippen LogP contribution in [-0.2, 0) is 7.05 Å². The van der Waals surface area contributed by atoms with E-state index in [2.05, 4.69) is 36.8 Å². The molecule has 3 aromatic heterocycles. The molecule has 5 rings (SSSR count). The van der Waals surface area contributed by atoms with E-state index in [9.17, 15) is 0 Å². The smallest absolute Gasteiger partial charge is 0.225 e. The highest BCUT2D eigenvalue weighted by atomic mass is 15.2. The van der Waals surface area contributed by atoms with E-state index in [1.165, 1.54) is 19.3 Å². The standard InChI is InChI=1S/C23H30N10/c1-15-9-22(31-30-15)28-21-12-19(20-13-32(2)14-25-20)27-23(29-21)26-16-10-17-5-3-6-18(11-16)33(17)8-4-7-24/h9,12-14,16-18H,3-6,8,10-11H2,1-2H3,(H3,26,27,28,29,30,31)/t16?,17-,18+. The van der Waals surface area contributed by atoms with Crippen molar-refractivity contribution in [1.29, 1.82) is 5.26 Å². The Hall–Kier alpha value is -3.45. The molecule has 1 unspecified atom stereocenters. The fourth-order valence-electron chi connectivity index (χ4n) is 5.19. The minimum atomic E-state index is 0.304. The van der Waals surface area contributed by atoms with Gasteiger partial charge in [0.05, 0.1) is 18.1 Å². The maximum atomic E-state index is 9.04. The Morgan fingerprint density at radius 3 is 2.64 bits per heavy atom. The molecule has 10 heteroatoms. The third kappa shape index (κ3) is 4.83. The van der Waals surface area contributed by atoms with Gasteiger partial charge < -0.3 is 15.2 Å². The summed E-state index contributed by atoms with van der Waals surface area (Å²) in [5, 5.41) is 23.2. The van der Waals surface area contributed by atoms with Crippen LogP contribution >= 0.6 is 0 Å². The first-order valence-electron chi connectivity index (χ1n) is 11.6. The van der Waals surface area contributed by atoms with E-state index in [0.717, 1.165) is 36.5 Å². The summed E-state index contributed by atoms with van der Waals surface area (Å²) < 4.78 is 1.91. The number of aromatic amines is 1. The molecule has 0 aliphatic carbocycles. The van der Waals surface area contributed by atoms with Crippen LogP contribution in [0.1, 0.15) is 44.2 Å². The third-order valence-corrected chi connectivity index (χ3v) is 6.60. The molecule has 2 bridgehead atoms. The lowest BCUT2D eigenvalue weighted by atomic mass is 9.81. The lowest BCUT2D eigenvalue weighted by Crippen LogP contribution is -2.55. The van der Waals surface area contributed by atoms with Gasteiger partial charge in [0.25, 0.3) is 0 Å². The molecule has 0 radical (unpaired) electrons. The van der Waals surface area contributed by atoms with Gasteiger partial charge in [0.2, 0.25) is 5.95 Å². The zero-order valence-electron chi connectivity index (χ0n) is 19.1. The van der Waals surface area contributed by atoms with Crippen molar-refractivity contribution in [3.05, 3.63) is 30.4 Å². The van der Waals surface area contributed by atoms with Crippen molar-refractivity contribution < 1.29 is 0 Å². The van der Waals surface area contributed by atoms with Crippen LogP contribution in [-0.4, -0.2) is 59.3 Å². The Kier molecular flexibility index (Phi) is 5.96. The number of rotatable bonds is 7. The quantitative estimate of drug-likeness (QED) is 0.505. The molecule has 3 N–H and O–H groups in total. The predicted octanol–water partition coefficient (Wildman–Crippen LogP) is 3.36. The SMILES string of the molecule is Cc1cc(Nc2cc(-c3cn(C)cn3)nc(NC3C[C@H]4CCC[C@@H](C3)N4CCC#N)n2)n[nH]1. The molecular formula is C23H30N10. The van der Waals surface area contributed by atoms with Crippen LogP contribution < -0.4 is 10.6 Å². The number of imidazole rings is 1. The van der Waals surface area contributed by atoms with E-state index >= 15 is 0 Å². The zero-order chi connectivity index (χ0) is 22.8. The van der Waals surface area contributed by atoms with Gasteiger partial charge in [-0.1, -0.05) is 6.42 Å². The highest BCUT2D eigenvalue weighted by Gasteiger charge is 2.38. The van der Waals surface area contributed by atoms with Crippen molar-refractivity contribution >= 4 is 17.6 Å². The van der Waals surface area contributed by atoms with Crippen molar-refractivity contribution in [2.24, 2.45) is 7.05 Å². The number of piperidine rings is 2. The monoisotopic (exact) mass is 446 g/mol. The van der Waals surface area contributed by atoms with Crippen LogP contribution in [0.15, 0.2) is 24.7 Å². The summed E-state index contributed by atoms with van der Waals surface area (Å²) in [7, 11) is 1.95. The largest absolute Gasteiger partial charge is 0.351 e. The van der Waals surface area contributed by atoms with Crippen LogP contribution in [0.3, 0.4) is 0 Å². The second-order valence-corrected chi connectivity index (χ2v) is 9.14. The Morgan fingerprint density at radius 1 is 1.15 bits per heavy atom. The minimum absolute atomic E-state index is 0.304.